The predicted octanol–water partition coefficient (Wildman–Crippen LogP) is 0.786. The number of nitrogens with zero attached hydrogens (tertiary/aromatic N) is 1. The fraction of sp³-hybridized carbons (Fsp3) is 0.500. The van der Waals surface area contributed by atoms with Gasteiger partial charge in [0.05, 0.1) is 18.9 Å². The molecule has 0 bridgehead atoms. The van der Waals surface area contributed by atoms with Crippen molar-refractivity contribution in [2.45, 2.75) is 32.4 Å². The highest BCUT2D eigenvalue weighted by molar-refractivity contribution is 5.79. The summed E-state index contributed by atoms with van der Waals surface area (Å²) in [5, 5.41) is 18.9. The zero-order valence-corrected chi connectivity index (χ0v) is 11.1. The number of alkyl halides is 2. The van der Waals surface area contributed by atoms with Crippen LogP contribution in [0.15, 0.2) is 6.20 Å². The molecule has 20 heavy (non-hydrogen) atoms. The molecule has 6 nitrogen and oxygen atoms in total. The van der Waals surface area contributed by atoms with Gasteiger partial charge in [0.15, 0.2) is 0 Å². The Labute approximate surface area is 114 Å². The van der Waals surface area contributed by atoms with Crippen molar-refractivity contribution in [1.29, 1.82) is 0 Å². The summed E-state index contributed by atoms with van der Waals surface area (Å²) in [6.07, 6.45) is 1.12. The third kappa shape index (κ3) is 2.86. The van der Waals surface area contributed by atoms with Crippen molar-refractivity contribution in [2.75, 3.05) is 6.61 Å². The van der Waals surface area contributed by atoms with Crippen molar-refractivity contribution < 1.29 is 28.5 Å². The summed E-state index contributed by atoms with van der Waals surface area (Å²) < 4.78 is 32.1. The maximum absolute atomic E-state index is 13.9. The fourth-order valence-corrected chi connectivity index (χ4v) is 1.66. The second-order valence-corrected chi connectivity index (χ2v) is 4.11. The topological polar surface area (TPSA) is 106 Å². The predicted molar refractivity (Wildman–Crippen MR) is 65.1 cm³/mol. The number of aliphatic hydroxyl groups is 1. The van der Waals surface area contributed by atoms with Gasteiger partial charge in [-0.3, -0.25) is 4.98 Å². The van der Waals surface area contributed by atoms with Crippen LogP contribution in [0.25, 0.3) is 0 Å². The summed E-state index contributed by atoms with van der Waals surface area (Å²) in [7, 11) is 0. The van der Waals surface area contributed by atoms with E-state index in [9.17, 15) is 18.7 Å². The van der Waals surface area contributed by atoms with Crippen LogP contribution < -0.4 is 5.73 Å². The zero-order valence-electron chi connectivity index (χ0n) is 11.1. The van der Waals surface area contributed by atoms with Crippen molar-refractivity contribution in [3.8, 4) is 5.75 Å². The van der Waals surface area contributed by atoms with E-state index >= 15 is 0 Å². The molecular formula is C12H16F2N2O4. The highest BCUT2D eigenvalue weighted by Gasteiger charge is 2.49. The third-order valence-corrected chi connectivity index (χ3v) is 2.78. The molecule has 112 valence electrons. The fourth-order valence-electron chi connectivity index (χ4n) is 1.66. The van der Waals surface area contributed by atoms with E-state index < -0.39 is 35.9 Å². The lowest BCUT2D eigenvalue weighted by atomic mass is 9.96. The SMILES string of the molecule is CCOC(=O)C(F)(F)[C@@H](N)c1c(CO)cnc(C)c1O. The highest BCUT2D eigenvalue weighted by Crippen LogP contribution is 2.37. The van der Waals surface area contributed by atoms with Crippen molar-refractivity contribution in [3.63, 3.8) is 0 Å². The number of nitrogens with two attached hydrogens (primary N) is 1. The molecular weight excluding hydrogens is 274 g/mol. The number of pyridine rings is 1. The van der Waals surface area contributed by atoms with Crippen LogP contribution in [0.1, 0.15) is 29.8 Å². The van der Waals surface area contributed by atoms with Crippen LogP contribution in [0.5, 0.6) is 5.75 Å². The van der Waals surface area contributed by atoms with Gasteiger partial charge in [-0.2, -0.15) is 8.78 Å². The summed E-state index contributed by atoms with van der Waals surface area (Å²) in [4.78, 5) is 15.0. The number of rotatable bonds is 5. The number of aromatic nitrogens is 1. The Balaban J connectivity index is 3.30. The number of halogens is 2. The molecule has 1 aromatic heterocycles. The molecule has 1 rings (SSSR count). The molecule has 0 aliphatic heterocycles. The van der Waals surface area contributed by atoms with E-state index in [1.54, 1.807) is 0 Å². The standard InChI is InChI=1S/C12H16F2N2O4/c1-3-20-11(19)12(13,14)10(15)8-7(5-17)4-16-6(2)9(8)18/h4,10,17-18H,3,5,15H2,1-2H3/t10-/m0/s1. The van der Waals surface area contributed by atoms with Crippen LogP contribution in [-0.2, 0) is 16.1 Å². The first-order chi connectivity index (χ1) is 9.27. The van der Waals surface area contributed by atoms with Gasteiger partial charge in [0.2, 0.25) is 0 Å². The molecule has 1 aromatic rings. The Morgan fingerprint density at radius 3 is 2.70 bits per heavy atom. The maximum Gasteiger partial charge on any atom is 0.379 e. The van der Waals surface area contributed by atoms with E-state index in [4.69, 9.17) is 10.8 Å². The first kappa shape index (κ1) is 16.3. The smallest absolute Gasteiger partial charge is 0.379 e. The van der Waals surface area contributed by atoms with Gasteiger partial charge in [-0.1, -0.05) is 0 Å². The molecule has 0 fully saturated rings. The molecule has 0 amide bonds. The van der Waals surface area contributed by atoms with E-state index in [-0.39, 0.29) is 17.9 Å². The number of carbonyl (C=O) groups excluding carboxylic acids is 1. The van der Waals surface area contributed by atoms with E-state index in [0.717, 1.165) is 6.20 Å². The number of hydrogen-bond donors (Lipinski definition) is 3. The van der Waals surface area contributed by atoms with E-state index in [1.807, 2.05) is 0 Å². The van der Waals surface area contributed by atoms with Crippen LogP contribution in [0.3, 0.4) is 0 Å². The molecule has 0 saturated carbocycles. The van der Waals surface area contributed by atoms with Gasteiger partial charge in [-0.05, 0) is 13.8 Å². The normalized spacial score (nSPS) is 13.1. The number of ether oxygens (including phenoxy) is 1. The second kappa shape index (κ2) is 6.10. The summed E-state index contributed by atoms with van der Waals surface area (Å²) in [5.41, 5.74) is 4.97. The van der Waals surface area contributed by atoms with Crippen molar-refractivity contribution in [3.05, 3.63) is 23.0 Å². The average Bonchev–Trinajstić information content (AvgIpc) is 2.41. The van der Waals surface area contributed by atoms with E-state index in [0.29, 0.717) is 0 Å². The first-order valence-electron chi connectivity index (χ1n) is 5.86. The summed E-state index contributed by atoms with van der Waals surface area (Å²) in [6.45, 7) is 1.89. The molecule has 0 spiro atoms. The molecule has 0 aromatic carbocycles. The number of aromatic hydroxyl groups is 1. The quantitative estimate of drug-likeness (QED) is 0.692. The Hall–Kier alpha value is -1.80. The second-order valence-electron chi connectivity index (χ2n) is 4.11. The average molecular weight is 290 g/mol. The van der Waals surface area contributed by atoms with Crippen LogP contribution in [0.4, 0.5) is 8.78 Å². The van der Waals surface area contributed by atoms with Gasteiger partial charge in [0, 0.05) is 17.3 Å². The number of carbonyl (C=O) groups is 1. The molecule has 8 heteroatoms. The Bertz CT molecular complexity index is 508. The monoisotopic (exact) mass is 290 g/mol. The van der Waals surface area contributed by atoms with Crippen molar-refractivity contribution in [1.82, 2.24) is 4.98 Å². The minimum Gasteiger partial charge on any atom is -0.506 e. The van der Waals surface area contributed by atoms with Gasteiger partial charge in [-0.25, -0.2) is 4.79 Å². The number of hydrogen-bond acceptors (Lipinski definition) is 6. The van der Waals surface area contributed by atoms with Crippen LogP contribution >= 0.6 is 0 Å². The van der Waals surface area contributed by atoms with Crippen LogP contribution in [0.2, 0.25) is 0 Å². The van der Waals surface area contributed by atoms with E-state index in [2.05, 4.69) is 9.72 Å². The lowest BCUT2D eigenvalue weighted by molar-refractivity contribution is -0.174. The molecule has 0 radical (unpaired) electrons. The molecule has 0 saturated heterocycles. The van der Waals surface area contributed by atoms with Crippen molar-refractivity contribution >= 4 is 5.97 Å². The Morgan fingerprint density at radius 2 is 2.20 bits per heavy atom. The molecule has 1 heterocycles. The first-order valence-corrected chi connectivity index (χ1v) is 5.86. The molecule has 4 N–H and O–H groups in total. The largest absolute Gasteiger partial charge is 0.506 e. The minimum atomic E-state index is -4.04. The van der Waals surface area contributed by atoms with Gasteiger partial charge < -0.3 is 20.7 Å². The summed E-state index contributed by atoms with van der Waals surface area (Å²) in [5.74, 6) is -6.40. The molecule has 0 unspecified atom stereocenters. The lowest BCUT2D eigenvalue weighted by Gasteiger charge is -2.24. The summed E-state index contributed by atoms with van der Waals surface area (Å²) >= 11 is 0. The molecule has 0 aliphatic carbocycles. The van der Waals surface area contributed by atoms with Gasteiger partial charge >= 0.3 is 11.9 Å². The number of aryl methyl sites for hydroxylation is 1. The van der Waals surface area contributed by atoms with Gasteiger partial charge in [0.1, 0.15) is 11.8 Å². The maximum atomic E-state index is 13.9. The molecule has 0 aliphatic rings. The summed E-state index contributed by atoms with van der Waals surface area (Å²) in [6, 6.07) is -2.15. The number of aliphatic hydroxyl groups excluding tert-OH is 1. The Morgan fingerprint density at radius 1 is 1.60 bits per heavy atom. The number of esters is 1. The van der Waals surface area contributed by atoms with E-state index in [1.165, 1.54) is 13.8 Å². The van der Waals surface area contributed by atoms with Crippen molar-refractivity contribution in [2.24, 2.45) is 5.73 Å². The van der Waals surface area contributed by atoms with Crippen LogP contribution in [0, 0.1) is 6.92 Å². The lowest BCUT2D eigenvalue weighted by Crippen LogP contribution is -2.42. The highest BCUT2D eigenvalue weighted by atomic mass is 19.3. The molecule has 1 atom stereocenters. The van der Waals surface area contributed by atoms with Gasteiger partial charge in [0.25, 0.3) is 0 Å². The zero-order chi connectivity index (χ0) is 15.5. The van der Waals surface area contributed by atoms with Gasteiger partial charge in [-0.15, -0.1) is 0 Å². The minimum absolute atomic E-state index is 0.0623. The Kier molecular flexibility index (Phi) is 4.96. The third-order valence-electron chi connectivity index (χ3n) is 2.78. The van der Waals surface area contributed by atoms with Crippen LogP contribution in [-0.4, -0.2) is 33.7 Å².